The number of carbonyl (C=O) groups is 1. The number of pyridine rings is 1. The molecule has 1 saturated heterocycles. The standard InChI is InChI=1S/C18H19ClN2O4/c19-11-1-2-12-14(5-11)20-6-13(17(12)24)18(25)21-7-9-3-15(22)16(23)4-10(9)8-21/h1-2,5-6,9-10,15-16,22-23H,3-4,7-8H2,(H,20,24)/t9-,10+,15-,16-/m0/s1. The van der Waals surface area contributed by atoms with E-state index >= 15 is 0 Å². The molecule has 0 bridgehead atoms. The van der Waals surface area contributed by atoms with E-state index in [1.54, 1.807) is 23.1 Å². The van der Waals surface area contributed by atoms with Crippen molar-refractivity contribution < 1.29 is 15.0 Å². The van der Waals surface area contributed by atoms with Gasteiger partial charge in [0.2, 0.25) is 5.43 Å². The van der Waals surface area contributed by atoms with Crippen molar-refractivity contribution in [1.82, 2.24) is 9.88 Å². The molecule has 1 aliphatic heterocycles. The summed E-state index contributed by atoms with van der Waals surface area (Å²) in [6.07, 6.45) is 0.953. The average Bonchev–Trinajstić information content (AvgIpc) is 2.97. The zero-order valence-electron chi connectivity index (χ0n) is 13.5. The molecule has 0 radical (unpaired) electrons. The molecule has 1 saturated carbocycles. The fraction of sp³-hybridized carbons (Fsp3) is 0.444. The fourth-order valence-electron chi connectivity index (χ4n) is 4.10. The van der Waals surface area contributed by atoms with Crippen LogP contribution in [0, 0.1) is 11.8 Å². The normalized spacial score (nSPS) is 29.0. The number of aromatic nitrogens is 1. The SMILES string of the molecule is O=C(c1c[nH]c2cc(Cl)ccc2c1=O)N1C[C@H]2C[C@H](O)[C@@H](O)C[C@H]2C1. The minimum absolute atomic E-state index is 0.106. The summed E-state index contributed by atoms with van der Waals surface area (Å²) in [6, 6.07) is 4.89. The van der Waals surface area contributed by atoms with E-state index in [1.165, 1.54) is 6.20 Å². The first-order chi connectivity index (χ1) is 11.9. The summed E-state index contributed by atoms with van der Waals surface area (Å²) in [7, 11) is 0. The molecule has 4 rings (SSSR count). The Morgan fingerprint density at radius 3 is 2.44 bits per heavy atom. The topological polar surface area (TPSA) is 93.6 Å². The zero-order valence-corrected chi connectivity index (χ0v) is 14.2. The van der Waals surface area contributed by atoms with Crippen LogP contribution in [0.25, 0.3) is 10.9 Å². The summed E-state index contributed by atoms with van der Waals surface area (Å²) in [5, 5.41) is 20.6. The van der Waals surface area contributed by atoms with Crippen LogP contribution in [0.2, 0.25) is 5.02 Å². The lowest BCUT2D eigenvalue weighted by Crippen LogP contribution is -2.38. The van der Waals surface area contributed by atoms with Crippen LogP contribution in [0.1, 0.15) is 23.2 Å². The van der Waals surface area contributed by atoms with Crippen LogP contribution in [-0.4, -0.2) is 51.3 Å². The zero-order chi connectivity index (χ0) is 17.7. The van der Waals surface area contributed by atoms with Gasteiger partial charge >= 0.3 is 0 Å². The highest BCUT2D eigenvalue weighted by molar-refractivity contribution is 6.31. The molecule has 132 valence electrons. The molecule has 3 N–H and O–H groups in total. The van der Waals surface area contributed by atoms with Gasteiger partial charge in [0.25, 0.3) is 5.91 Å². The van der Waals surface area contributed by atoms with E-state index in [4.69, 9.17) is 11.6 Å². The second-order valence-corrected chi connectivity index (χ2v) is 7.49. The maximum atomic E-state index is 12.8. The number of aliphatic hydroxyl groups excluding tert-OH is 2. The summed E-state index contributed by atoms with van der Waals surface area (Å²) < 4.78 is 0. The highest BCUT2D eigenvalue weighted by atomic mass is 35.5. The van der Waals surface area contributed by atoms with Gasteiger partial charge in [0.1, 0.15) is 5.56 Å². The number of carbonyl (C=O) groups excluding carboxylic acids is 1. The number of hydrogen-bond acceptors (Lipinski definition) is 4. The Morgan fingerprint density at radius 2 is 1.80 bits per heavy atom. The molecule has 1 aromatic carbocycles. The summed E-state index contributed by atoms with van der Waals surface area (Å²) in [5.74, 6) is 0.0258. The van der Waals surface area contributed by atoms with Gasteiger partial charge in [0, 0.05) is 29.7 Å². The van der Waals surface area contributed by atoms with E-state index in [-0.39, 0.29) is 28.7 Å². The predicted molar refractivity (Wildman–Crippen MR) is 93.7 cm³/mol. The van der Waals surface area contributed by atoms with Crippen LogP contribution in [0.4, 0.5) is 0 Å². The van der Waals surface area contributed by atoms with Gasteiger partial charge in [-0.15, -0.1) is 0 Å². The first-order valence-electron chi connectivity index (χ1n) is 8.40. The van der Waals surface area contributed by atoms with Crippen molar-refractivity contribution >= 4 is 28.4 Å². The molecule has 2 fully saturated rings. The number of amides is 1. The van der Waals surface area contributed by atoms with Gasteiger partial charge < -0.3 is 20.1 Å². The van der Waals surface area contributed by atoms with Gasteiger partial charge in [0.15, 0.2) is 0 Å². The maximum absolute atomic E-state index is 12.8. The van der Waals surface area contributed by atoms with E-state index in [0.717, 1.165) is 0 Å². The Morgan fingerprint density at radius 1 is 1.16 bits per heavy atom. The average molecular weight is 363 g/mol. The van der Waals surface area contributed by atoms with Crippen LogP contribution < -0.4 is 5.43 Å². The second-order valence-electron chi connectivity index (χ2n) is 7.06. The molecule has 25 heavy (non-hydrogen) atoms. The number of fused-ring (bicyclic) bond motifs is 2. The van der Waals surface area contributed by atoms with E-state index in [0.29, 0.717) is 41.9 Å². The third-order valence-corrected chi connectivity index (χ3v) is 5.70. The number of H-pyrrole nitrogens is 1. The molecule has 2 aliphatic rings. The van der Waals surface area contributed by atoms with Gasteiger partial charge in [-0.2, -0.15) is 0 Å². The van der Waals surface area contributed by atoms with Crippen molar-refractivity contribution in [3.05, 3.63) is 45.2 Å². The number of hydrogen-bond donors (Lipinski definition) is 3. The predicted octanol–water partition coefficient (Wildman–Crippen LogP) is 1.39. The first-order valence-corrected chi connectivity index (χ1v) is 8.78. The number of rotatable bonds is 1. The van der Waals surface area contributed by atoms with Crippen molar-refractivity contribution in [2.75, 3.05) is 13.1 Å². The molecule has 2 heterocycles. The van der Waals surface area contributed by atoms with Gasteiger partial charge in [0.05, 0.1) is 17.7 Å². The third-order valence-electron chi connectivity index (χ3n) is 5.47. The van der Waals surface area contributed by atoms with Crippen molar-refractivity contribution in [3.8, 4) is 0 Å². The maximum Gasteiger partial charge on any atom is 0.259 e. The quantitative estimate of drug-likeness (QED) is 0.714. The molecule has 4 atom stereocenters. The lowest BCUT2D eigenvalue weighted by Gasteiger charge is -2.31. The van der Waals surface area contributed by atoms with Crippen LogP contribution in [0.5, 0.6) is 0 Å². The number of benzene rings is 1. The number of aromatic amines is 1. The van der Waals surface area contributed by atoms with Crippen LogP contribution in [0.3, 0.4) is 0 Å². The molecular formula is C18H19ClN2O4. The summed E-state index contributed by atoms with van der Waals surface area (Å²) in [5.41, 5.74) is 0.385. The highest BCUT2D eigenvalue weighted by Crippen LogP contribution is 2.36. The molecule has 7 heteroatoms. The number of likely N-dealkylation sites (tertiary alicyclic amines) is 1. The summed E-state index contributed by atoms with van der Waals surface area (Å²) in [6.45, 7) is 1.01. The lowest BCUT2D eigenvalue weighted by molar-refractivity contribution is -0.0372. The summed E-state index contributed by atoms with van der Waals surface area (Å²) >= 11 is 5.93. The van der Waals surface area contributed by atoms with E-state index in [9.17, 15) is 19.8 Å². The molecule has 6 nitrogen and oxygen atoms in total. The van der Waals surface area contributed by atoms with Gasteiger partial charge in [-0.3, -0.25) is 9.59 Å². The van der Waals surface area contributed by atoms with Gasteiger partial charge in [-0.25, -0.2) is 0 Å². The largest absolute Gasteiger partial charge is 0.390 e. The molecule has 0 spiro atoms. The van der Waals surface area contributed by atoms with Gasteiger partial charge in [-0.1, -0.05) is 11.6 Å². The van der Waals surface area contributed by atoms with Crippen molar-refractivity contribution in [3.63, 3.8) is 0 Å². The Kier molecular flexibility index (Phi) is 4.06. The Balaban J connectivity index is 1.62. The highest BCUT2D eigenvalue weighted by Gasteiger charge is 2.42. The van der Waals surface area contributed by atoms with Crippen LogP contribution >= 0.6 is 11.6 Å². The second kappa shape index (κ2) is 6.12. The molecule has 2 aromatic rings. The minimum Gasteiger partial charge on any atom is -0.390 e. The fourth-order valence-corrected chi connectivity index (χ4v) is 4.27. The number of halogens is 1. The third kappa shape index (κ3) is 2.84. The molecular weight excluding hydrogens is 344 g/mol. The van der Waals surface area contributed by atoms with Gasteiger partial charge in [-0.05, 0) is 42.9 Å². The smallest absolute Gasteiger partial charge is 0.259 e. The monoisotopic (exact) mass is 362 g/mol. The van der Waals surface area contributed by atoms with Crippen molar-refractivity contribution in [2.45, 2.75) is 25.0 Å². The van der Waals surface area contributed by atoms with Crippen LogP contribution in [-0.2, 0) is 0 Å². The Labute approximate surface area is 149 Å². The number of nitrogens with zero attached hydrogens (tertiary/aromatic N) is 1. The van der Waals surface area contributed by atoms with E-state index in [1.807, 2.05) is 0 Å². The molecule has 1 aliphatic carbocycles. The van der Waals surface area contributed by atoms with Crippen molar-refractivity contribution in [2.24, 2.45) is 11.8 Å². The van der Waals surface area contributed by atoms with Crippen LogP contribution in [0.15, 0.2) is 29.2 Å². The van der Waals surface area contributed by atoms with E-state index < -0.39 is 12.2 Å². The number of nitrogens with one attached hydrogen (secondary N) is 1. The lowest BCUT2D eigenvalue weighted by atomic mass is 9.79. The molecule has 1 amide bonds. The molecule has 0 unspecified atom stereocenters. The Hall–Kier alpha value is -1.89. The number of aliphatic hydroxyl groups is 2. The minimum atomic E-state index is -0.731. The molecule has 1 aromatic heterocycles. The Bertz CT molecular complexity index is 878. The van der Waals surface area contributed by atoms with Crippen molar-refractivity contribution in [1.29, 1.82) is 0 Å². The first kappa shape index (κ1) is 16.6. The van der Waals surface area contributed by atoms with E-state index in [2.05, 4.69) is 4.98 Å². The summed E-state index contributed by atoms with van der Waals surface area (Å²) in [4.78, 5) is 30.1.